The van der Waals surface area contributed by atoms with E-state index in [4.69, 9.17) is 33.2 Å². The summed E-state index contributed by atoms with van der Waals surface area (Å²) in [6.45, 7) is 11.8. The Hall–Kier alpha value is -2.28. The molecule has 0 amide bonds. The van der Waals surface area contributed by atoms with Crippen LogP contribution in [0.15, 0.2) is 0 Å². The second kappa shape index (κ2) is 11.6. The van der Waals surface area contributed by atoms with Gasteiger partial charge in [-0.3, -0.25) is 19.2 Å². The first-order valence-corrected chi connectivity index (χ1v) is 15.5. The first-order valence-electron chi connectivity index (χ1n) is 15.5. The number of esters is 4. The Morgan fingerprint density at radius 3 is 2.26 bits per heavy atom. The van der Waals surface area contributed by atoms with Crippen molar-refractivity contribution >= 4 is 23.9 Å². The number of carbonyl (C=O) groups excluding carboxylic acids is 4. The van der Waals surface area contributed by atoms with Gasteiger partial charge >= 0.3 is 23.9 Å². The molecule has 0 radical (unpaired) electrons. The van der Waals surface area contributed by atoms with Gasteiger partial charge in [-0.15, -0.1) is 0 Å². The summed E-state index contributed by atoms with van der Waals surface area (Å²) in [7, 11) is 0. The lowest BCUT2D eigenvalue weighted by Gasteiger charge is -2.66. The molecule has 3 heterocycles. The predicted molar refractivity (Wildman–Crippen MR) is 147 cm³/mol. The molecule has 43 heavy (non-hydrogen) atoms. The third kappa shape index (κ3) is 5.06. The van der Waals surface area contributed by atoms with Crippen molar-refractivity contribution in [3.8, 4) is 0 Å². The van der Waals surface area contributed by atoms with Crippen molar-refractivity contribution in [2.24, 2.45) is 34.5 Å². The number of fused-ring (bicyclic) bond motifs is 3. The summed E-state index contributed by atoms with van der Waals surface area (Å²) in [6.07, 6.45) is -3.29. The molecule has 2 aliphatic carbocycles. The molecule has 5 rings (SSSR count). The zero-order valence-corrected chi connectivity index (χ0v) is 26.2. The van der Waals surface area contributed by atoms with E-state index in [1.165, 1.54) is 20.8 Å². The number of rotatable bonds is 8. The minimum Gasteiger partial charge on any atom is -0.465 e. The number of aliphatic hydroxyl groups excluding tert-OH is 1. The van der Waals surface area contributed by atoms with Gasteiger partial charge in [0.05, 0.1) is 36.8 Å². The first kappa shape index (κ1) is 32.1. The minimum absolute atomic E-state index is 0.0375. The Labute approximate surface area is 252 Å². The zero-order valence-electron chi connectivity index (χ0n) is 26.2. The van der Waals surface area contributed by atoms with Crippen LogP contribution < -0.4 is 0 Å². The molecule has 3 aliphatic heterocycles. The van der Waals surface area contributed by atoms with Crippen LogP contribution in [0.5, 0.6) is 0 Å². The van der Waals surface area contributed by atoms with E-state index < -0.39 is 76.6 Å². The highest BCUT2D eigenvalue weighted by Crippen LogP contribution is 2.71. The molecule has 5 aliphatic rings. The molecule has 0 aromatic rings. The zero-order chi connectivity index (χ0) is 31.5. The maximum absolute atomic E-state index is 13.3. The average molecular weight is 611 g/mol. The molecule has 5 fully saturated rings. The number of carbonyl (C=O) groups is 4. The SMILES string of the molecule is CC[C@H](C)C(=O)O[C@H]1[C@H](OC(C)=O)[C@@H](O)[C@@H]2[C@@](C)([C@@H]3C[C@H]4CCO[C@H]4O3)[C@H](C)C[C@H](OC(C)=O)[C@@]2(COC(C)=O)[C@@]12CO2. The van der Waals surface area contributed by atoms with Crippen molar-refractivity contribution in [3.63, 3.8) is 0 Å². The molecule has 3 saturated heterocycles. The van der Waals surface area contributed by atoms with Crippen molar-refractivity contribution in [1.29, 1.82) is 0 Å². The van der Waals surface area contributed by atoms with Gasteiger partial charge in [-0.05, 0) is 31.6 Å². The standard InChI is InChI=1S/C31H46O12/c1-8-15(2)27(36)43-26-24(41-19(6)34)23(35)25-29(7,21-12-20-9-10-37-28(20)42-21)16(3)11-22(40-18(5)33)30(25,13-38-17(4)32)31(26)14-39-31/h15-16,20-26,28,35H,8-14H2,1-7H3/t15-,16+,20+,21-,22-,23+,24+,25+,26-,28-,29+,30+,31+/m0/s1. The van der Waals surface area contributed by atoms with E-state index in [1.807, 2.05) is 20.8 Å². The number of hydrogen-bond donors (Lipinski definition) is 1. The smallest absolute Gasteiger partial charge is 0.309 e. The lowest BCUT2D eigenvalue weighted by Crippen LogP contribution is -2.79. The van der Waals surface area contributed by atoms with Crippen LogP contribution in [0, 0.1) is 34.5 Å². The van der Waals surface area contributed by atoms with E-state index in [-0.39, 0.29) is 37.4 Å². The number of aliphatic hydroxyl groups is 1. The fraction of sp³-hybridized carbons (Fsp3) is 0.871. The Balaban J connectivity index is 1.71. The van der Waals surface area contributed by atoms with Crippen LogP contribution in [-0.2, 0) is 52.3 Å². The van der Waals surface area contributed by atoms with Gasteiger partial charge in [0.15, 0.2) is 18.5 Å². The molecule has 12 heteroatoms. The lowest BCUT2D eigenvalue weighted by molar-refractivity contribution is -0.314. The van der Waals surface area contributed by atoms with E-state index >= 15 is 0 Å². The maximum Gasteiger partial charge on any atom is 0.309 e. The van der Waals surface area contributed by atoms with Crippen LogP contribution in [0.2, 0.25) is 0 Å². The van der Waals surface area contributed by atoms with Crippen molar-refractivity contribution in [3.05, 3.63) is 0 Å². The van der Waals surface area contributed by atoms with Crippen LogP contribution in [0.1, 0.15) is 74.1 Å². The van der Waals surface area contributed by atoms with Crippen molar-refractivity contribution in [1.82, 2.24) is 0 Å². The Bertz CT molecular complexity index is 1110. The molecule has 1 spiro atoms. The monoisotopic (exact) mass is 610 g/mol. The molecule has 2 saturated carbocycles. The second-order valence-electron chi connectivity index (χ2n) is 13.5. The second-order valence-corrected chi connectivity index (χ2v) is 13.5. The lowest BCUT2D eigenvalue weighted by atomic mass is 9.40. The topological polar surface area (TPSA) is 156 Å². The molecular weight excluding hydrogens is 564 g/mol. The van der Waals surface area contributed by atoms with Crippen molar-refractivity contribution < 1.29 is 57.4 Å². The number of epoxide rings is 1. The molecule has 12 nitrogen and oxygen atoms in total. The van der Waals surface area contributed by atoms with Gasteiger partial charge in [-0.1, -0.05) is 27.7 Å². The predicted octanol–water partition coefficient (Wildman–Crippen LogP) is 2.31. The summed E-state index contributed by atoms with van der Waals surface area (Å²) in [4.78, 5) is 50.8. The van der Waals surface area contributed by atoms with E-state index in [1.54, 1.807) is 6.92 Å². The third-order valence-electron chi connectivity index (χ3n) is 11.2. The fourth-order valence-electron chi connectivity index (χ4n) is 8.64. The first-order chi connectivity index (χ1) is 20.2. The highest BCUT2D eigenvalue weighted by molar-refractivity contribution is 5.73. The summed E-state index contributed by atoms with van der Waals surface area (Å²) < 4.78 is 42.3. The normalized spacial score (nSPS) is 45.4. The molecule has 0 aromatic carbocycles. The highest BCUT2D eigenvalue weighted by atomic mass is 16.7. The minimum atomic E-state index is -1.43. The summed E-state index contributed by atoms with van der Waals surface area (Å²) in [6, 6.07) is 0. The van der Waals surface area contributed by atoms with Crippen LogP contribution >= 0.6 is 0 Å². The van der Waals surface area contributed by atoms with Crippen LogP contribution in [0.4, 0.5) is 0 Å². The highest BCUT2D eigenvalue weighted by Gasteiger charge is 2.84. The Kier molecular flexibility index (Phi) is 8.65. The van der Waals surface area contributed by atoms with E-state index in [9.17, 15) is 24.3 Å². The van der Waals surface area contributed by atoms with Crippen molar-refractivity contribution in [2.75, 3.05) is 19.8 Å². The van der Waals surface area contributed by atoms with Gasteiger partial charge in [-0.25, -0.2) is 0 Å². The Morgan fingerprint density at radius 2 is 1.70 bits per heavy atom. The molecular formula is C31H46O12. The van der Waals surface area contributed by atoms with Gasteiger partial charge in [0, 0.05) is 38.0 Å². The average Bonchev–Trinajstić information content (AvgIpc) is 3.43. The van der Waals surface area contributed by atoms with Gasteiger partial charge in [0.25, 0.3) is 0 Å². The molecule has 0 bridgehead atoms. The van der Waals surface area contributed by atoms with E-state index in [0.717, 1.165) is 6.42 Å². The number of hydrogen-bond acceptors (Lipinski definition) is 12. The summed E-state index contributed by atoms with van der Waals surface area (Å²) in [5.74, 6) is -3.67. The van der Waals surface area contributed by atoms with Gasteiger partial charge in [0.2, 0.25) is 0 Å². The van der Waals surface area contributed by atoms with Gasteiger partial charge in [-0.2, -0.15) is 0 Å². The summed E-state index contributed by atoms with van der Waals surface area (Å²) in [5, 5.41) is 12.5. The van der Waals surface area contributed by atoms with Crippen LogP contribution in [0.25, 0.3) is 0 Å². The molecule has 0 unspecified atom stereocenters. The van der Waals surface area contributed by atoms with Gasteiger partial charge < -0.3 is 38.3 Å². The molecule has 1 N–H and O–H groups in total. The van der Waals surface area contributed by atoms with Crippen LogP contribution in [-0.4, -0.2) is 91.2 Å². The largest absolute Gasteiger partial charge is 0.465 e. The quantitative estimate of drug-likeness (QED) is 0.243. The molecule has 0 aromatic heterocycles. The summed E-state index contributed by atoms with van der Waals surface area (Å²) >= 11 is 0. The number of ether oxygens (including phenoxy) is 7. The van der Waals surface area contributed by atoms with E-state index in [0.29, 0.717) is 25.9 Å². The Morgan fingerprint density at radius 1 is 1.02 bits per heavy atom. The van der Waals surface area contributed by atoms with Gasteiger partial charge in [0.1, 0.15) is 18.3 Å². The molecule has 242 valence electrons. The maximum atomic E-state index is 13.3. The third-order valence-corrected chi connectivity index (χ3v) is 11.2. The van der Waals surface area contributed by atoms with Crippen molar-refractivity contribution in [2.45, 2.75) is 117 Å². The fourth-order valence-corrected chi connectivity index (χ4v) is 8.64. The summed E-state index contributed by atoms with van der Waals surface area (Å²) in [5.41, 5.74) is -3.61. The molecule has 13 atom stereocenters. The van der Waals surface area contributed by atoms with E-state index in [2.05, 4.69) is 0 Å². The van der Waals surface area contributed by atoms with Crippen LogP contribution in [0.3, 0.4) is 0 Å².